The van der Waals surface area contributed by atoms with Crippen molar-refractivity contribution in [1.82, 2.24) is 0 Å². The summed E-state index contributed by atoms with van der Waals surface area (Å²) >= 11 is 0. The molecule has 2 rings (SSSR count). The van der Waals surface area contributed by atoms with Crippen molar-refractivity contribution in [3.8, 4) is 0 Å². The van der Waals surface area contributed by atoms with E-state index in [1.54, 1.807) is 12.1 Å². The molecule has 0 aromatic heterocycles. The number of halogens is 1. The molecule has 15 heavy (non-hydrogen) atoms. The van der Waals surface area contributed by atoms with Crippen LogP contribution in [-0.2, 0) is 0 Å². The average Bonchev–Trinajstić information content (AvgIpc) is 2.15. The van der Waals surface area contributed by atoms with Gasteiger partial charge in [0, 0.05) is 0 Å². The first-order valence-corrected chi connectivity index (χ1v) is 5.37. The van der Waals surface area contributed by atoms with Gasteiger partial charge in [0.05, 0.1) is 12.1 Å². The molecule has 0 saturated heterocycles. The fourth-order valence-electron chi connectivity index (χ4n) is 1.96. The van der Waals surface area contributed by atoms with Crippen LogP contribution in [0.2, 0.25) is 0 Å². The lowest BCUT2D eigenvalue weighted by molar-refractivity contribution is 0.0413. The summed E-state index contributed by atoms with van der Waals surface area (Å²) in [7, 11) is 0. The van der Waals surface area contributed by atoms with Gasteiger partial charge >= 0.3 is 0 Å². The van der Waals surface area contributed by atoms with E-state index < -0.39 is 12.1 Å². The highest BCUT2D eigenvalue weighted by atomic mass is 19.1. The van der Waals surface area contributed by atoms with Gasteiger partial charge in [-0.15, -0.1) is 0 Å². The molecule has 0 aliphatic heterocycles. The molecule has 1 aromatic carbocycles. The maximum absolute atomic E-state index is 12.7. The van der Waals surface area contributed by atoms with Gasteiger partial charge < -0.3 is 10.8 Å². The van der Waals surface area contributed by atoms with Gasteiger partial charge in [-0.25, -0.2) is 4.39 Å². The van der Waals surface area contributed by atoms with Crippen LogP contribution in [0.25, 0.3) is 0 Å². The van der Waals surface area contributed by atoms with Crippen LogP contribution in [0.5, 0.6) is 0 Å². The molecule has 0 heterocycles. The Balaban J connectivity index is 2.05. The SMILES string of the molecule is N[C@@H](c1ccc(F)cc1)[C@H](O)C1CCC1. The lowest BCUT2D eigenvalue weighted by atomic mass is 9.77. The van der Waals surface area contributed by atoms with Crippen LogP contribution in [0.1, 0.15) is 30.9 Å². The average molecular weight is 209 g/mol. The molecular formula is C12H16FNO. The Labute approximate surface area is 88.9 Å². The van der Waals surface area contributed by atoms with Crippen LogP contribution >= 0.6 is 0 Å². The van der Waals surface area contributed by atoms with E-state index in [0.717, 1.165) is 18.4 Å². The topological polar surface area (TPSA) is 46.2 Å². The van der Waals surface area contributed by atoms with Gasteiger partial charge in [0.1, 0.15) is 5.82 Å². The van der Waals surface area contributed by atoms with E-state index >= 15 is 0 Å². The molecule has 1 fully saturated rings. The molecule has 82 valence electrons. The molecule has 1 saturated carbocycles. The van der Waals surface area contributed by atoms with Crippen LogP contribution in [0.4, 0.5) is 4.39 Å². The fourth-order valence-corrected chi connectivity index (χ4v) is 1.96. The Morgan fingerprint density at radius 1 is 1.27 bits per heavy atom. The van der Waals surface area contributed by atoms with Gasteiger partial charge in [0.15, 0.2) is 0 Å². The molecular weight excluding hydrogens is 193 g/mol. The van der Waals surface area contributed by atoms with Crippen molar-refractivity contribution < 1.29 is 9.50 Å². The number of hydrogen-bond donors (Lipinski definition) is 2. The molecule has 2 atom stereocenters. The summed E-state index contributed by atoms with van der Waals surface area (Å²) in [6.45, 7) is 0. The minimum Gasteiger partial charge on any atom is -0.391 e. The van der Waals surface area contributed by atoms with Gasteiger partial charge in [-0.05, 0) is 36.5 Å². The lowest BCUT2D eigenvalue weighted by Gasteiger charge is -2.33. The van der Waals surface area contributed by atoms with Crippen LogP contribution in [0.3, 0.4) is 0 Å². The second-order valence-electron chi connectivity index (χ2n) is 4.26. The molecule has 0 radical (unpaired) electrons. The maximum Gasteiger partial charge on any atom is 0.123 e. The minimum absolute atomic E-state index is 0.274. The van der Waals surface area contributed by atoms with E-state index in [4.69, 9.17) is 5.73 Å². The molecule has 0 amide bonds. The number of benzene rings is 1. The quantitative estimate of drug-likeness (QED) is 0.799. The summed E-state index contributed by atoms with van der Waals surface area (Å²) in [6, 6.07) is 5.64. The first kappa shape index (κ1) is 10.6. The van der Waals surface area contributed by atoms with Crippen molar-refractivity contribution in [2.75, 3.05) is 0 Å². The molecule has 2 nitrogen and oxygen atoms in total. The number of hydrogen-bond acceptors (Lipinski definition) is 2. The molecule has 0 unspecified atom stereocenters. The van der Waals surface area contributed by atoms with Crippen molar-refractivity contribution in [3.05, 3.63) is 35.6 Å². The molecule has 1 aliphatic rings. The Hall–Kier alpha value is -0.930. The molecule has 3 N–H and O–H groups in total. The standard InChI is InChI=1S/C12H16FNO/c13-10-6-4-8(5-7-10)11(14)12(15)9-2-1-3-9/h4-7,9,11-12,15H,1-3,14H2/t11-,12+/m0/s1. The molecule has 3 heteroatoms. The zero-order valence-corrected chi connectivity index (χ0v) is 8.57. The van der Waals surface area contributed by atoms with Crippen LogP contribution in [-0.4, -0.2) is 11.2 Å². The predicted molar refractivity (Wildman–Crippen MR) is 56.7 cm³/mol. The summed E-state index contributed by atoms with van der Waals surface area (Å²) in [6.07, 6.45) is 2.79. The third-order valence-electron chi connectivity index (χ3n) is 3.26. The second-order valence-corrected chi connectivity index (χ2v) is 4.26. The van der Waals surface area contributed by atoms with Crippen molar-refractivity contribution in [1.29, 1.82) is 0 Å². The van der Waals surface area contributed by atoms with Crippen molar-refractivity contribution in [3.63, 3.8) is 0 Å². The maximum atomic E-state index is 12.7. The van der Waals surface area contributed by atoms with Crippen molar-refractivity contribution >= 4 is 0 Å². The zero-order valence-electron chi connectivity index (χ0n) is 8.57. The first-order chi connectivity index (χ1) is 7.18. The molecule has 1 aromatic rings. The van der Waals surface area contributed by atoms with Crippen LogP contribution in [0, 0.1) is 11.7 Å². The third kappa shape index (κ3) is 2.19. The highest BCUT2D eigenvalue weighted by Crippen LogP contribution is 2.34. The third-order valence-corrected chi connectivity index (χ3v) is 3.26. The Morgan fingerprint density at radius 2 is 1.87 bits per heavy atom. The van der Waals surface area contributed by atoms with Gasteiger partial charge in [-0.2, -0.15) is 0 Å². The molecule has 0 bridgehead atoms. The summed E-state index contributed by atoms with van der Waals surface area (Å²) in [4.78, 5) is 0. The Kier molecular flexibility index (Phi) is 3.03. The van der Waals surface area contributed by atoms with E-state index in [1.165, 1.54) is 18.6 Å². The number of rotatable bonds is 3. The summed E-state index contributed by atoms with van der Waals surface area (Å²) < 4.78 is 12.7. The Morgan fingerprint density at radius 3 is 2.33 bits per heavy atom. The minimum atomic E-state index is -0.496. The number of nitrogens with two attached hydrogens (primary N) is 1. The fraction of sp³-hybridized carbons (Fsp3) is 0.500. The van der Waals surface area contributed by atoms with E-state index in [2.05, 4.69) is 0 Å². The predicted octanol–water partition coefficient (Wildman–Crippen LogP) is 1.99. The van der Waals surface area contributed by atoms with Gasteiger partial charge in [-0.3, -0.25) is 0 Å². The smallest absolute Gasteiger partial charge is 0.123 e. The zero-order chi connectivity index (χ0) is 10.8. The van der Waals surface area contributed by atoms with Crippen LogP contribution in [0.15, 0.2) is 24.3 Å². The highest BCUT2D eigenvalue weighted by molar-refractivity contribution is 5.21. The Bertz CT molecular complexity index is 321. The van der Waals surface area contributed by atoms with Crippen molar-refractivity contribution in [2.24, 2.45) is 11.7 Å². The van der Waals surface area contributed by atoms with Gasteiger partial charge in [0.25, 0.3) is 0 Å². The summed E-state index contributed by atoms with van der Waals surface area (Å²) in [5.41, 5.74) is 6.73. The first-order valence-electron chi connectivity index (χ1n) is 5.37. The molecule has 0 spiro atoms. The van der Waals surface area contributed by atoms with Crippen molar-refractivity contribution in [2.45, 2.75) is 31.4 Å². The van der Waals surface area contributed by atoms with Gasteiger partial charge in [-0.1, -0.05) is 18.6 Å². The summed E-state index contributed by atoms with van der Waals surface area (Å²) in [5, 5.41) is 9.94. The molecule has 1 aliphatic carbocycles. The normalized spacial score (nSPS) is 20.7. The number of aliphatic hydroxyl groups excluding tert-OH is 1. The highest BCUT2D eigenvalue weighted by Gasteiger charge is 2.30. The lowest BCUT2D eigenvalue weighted by Crippen LogP contribution is -2.36. The van der Waals surface area contributed by atoms with E-state index in [9.17, 15) is 9.50 Å². The van der Waals surface area contributed by atoms with E-state index in [0.29, 0.717) is 5.92 Å². The monoisotopic (exact) mass is 209 g/mol. The second kappa shape index (κ2) is 4.29. The van der Waals surface area contributed by atoms with E-state index in [-0.39, 0.29) is 5.82 Å². The van der Waals surface area contributed by atoms with E-state index in [1.807, 2.05) is 0 Å². The van der Waals surface area contributed by atoms with Gasteiger partial charge in [0.2, 0.25) is 0 Å². The van der Waals surface area contributed by atoms with Crippen LogP contribution < -0.4 is 5.73 Å². The number of aliphatic hydroxyl groups is 1. The largest absolute Gasteiger partial charge is 0.391 e. The summed E-state index contributed by atoms with van der Waals surface area (Å²) in [5.74, 6) is 0.0501.